The number of carbonyl (C=O) groups excluding carboxylic acids is 1. The Hall–Kier alpha value is -2.48. The fourth-order valence-corrected chi connectivity index (χ4v) is 3.52. The molecule has 1 amide bonds. The number of carbonyl (C=O) groups is 1. The number of aryl methyl sites for hydroxylation is 1. The molecule has 120 valence electrons. The second-order valence-electron chi connectivity index (χ2n) is 5.41. The van der Waals surface area contributed by atoms with Crippen molar-refractivity contribution in [2.75, 3.05) is 11.4 Å². The van der Waals surface area contributed by atoms with Gasteiger partial charge in [-0.15, -0.1) is 0 Å². The minimum Gasteiger partial charge on any atom is -0.312 e. The van der Waals surface area contributed by atoms with Crippen molar-refractivity contribution < 1.29 is 9.72 Å². The Morgan fingerprint density at radius 2 is 2.22 bits per heavy atom. The fraction of sp³-hybridized carbons (Fsp3) is 0.333. The van der Waals surface area contributed by atoms with E-state index in [2.05, 4.69) is 0 Å². The molecule has 0 radical (unpaired) electrons. The predicted molar refractivity (Wildman–Crippen MR) is 87.1 cm³/mol. The van der Waals surface area contributed by atoms with Crippen molar-refractivity contribution in [2.24, 2.45) is 0 Å². The molecule has 0 saturated carbocycles. The van der Waals surface area contributed by atoms with E-state index in [1.54, 1.807) is 20.9 Å². The molecule has 1 aromatic carbocycles. The van der Waals surface area contributed by atoms with Gasteiger partial charge in [0.05, 0.1) is 10.6 Å². The van der Waals surface area contributed by atoms with Gasteiger partial charge < -0.3 is 9.47 Å². The summed E-state index contributed by atoms with van der Waals surface area (Å²) in [4.78, 5) is 36.1. The van der Waals surface area contributed by atoms with Crippen molar-refractivity contribution in [3.05, 3.63) is 54.6 Å². The maximum atomic E-state index is 12.5. The number of non-ortho nitro benzene ring substituents is 1. The second-order valence-corrected chi connectivity index (χ2v) is 6.23. The minimum atomic E-state index is -0.463. The third-order valence-corrected chi connectivity index (χ3v) is 4.88. The van der Waals surface area contributed by atoms with E-state index in [-0.39, 0.29) is 22.9 Å². The number of hydrogen-bond donors (Lipinski definition) is 0. The highest BCUT2D eigenvalue weighted by Gasteiger charge is 2.26. The molecule has 0 fully saturated rings. The Morgan fingerprint density at radius 3 is 2.87 bits per heavy atom. The van der Waals surface area contributed by atoms with Crippen molar-refractivity contribution in [1.82, 2.24) is 4.57 Å². The largest absolute Gasteiger partial charge is 0.312 e. The summed E-state index contributed by atoms with van der Waals surface area (Å²) in [6.07, 6.45) is 0.885. The molecule has 1 aromatic heterocycles. The molecule has 0 N–H and O–H groups in total. The molecule has 1 aliphatic heterocycles. The average Bonchev–Trinajstić information content (AvgIpc) is 3.08. The standard InChI is InChI=1S/C15H15N3O4S/c1-10-9-23-15(20)16(10)7-5-14(19)17-6-4-11-2-3-12(18(21)22)8-13(11)17/h2-3,8-9H,4-7H2,1H3. The Balaban J connectivity index is 1.77. The Kier molecular flexibility index (Phi) is 3.99. The monoisotopic (exact) mass is 333 g/mol. The van der Waals surface area contributed by atoms with Crippen LogP contribution in [0.3, 0.4) is 0 Å². The van der Waals surface area contributed by atoms with Crippen molar-refractivity contribution >= 4 is 28.6 Å². The molecule has 7 nitrogen and oxygen atoms in total. The van der Waals surface area contributed by atoms with E-state index in [4.69, 9.17) is 0 Å². The summed E-state index contributed by atoms with van der Waals surface area (Å²) in [5.41, 5.74) is 2.37. The number of nitro benzene ring substituents is 1. The van der Waals surface area contributed by atoms with Gasteiger partial charge in [0.25, 0.3) is 5.69 Å². The van der Waals surface area contributed by atoms with Crippen molar-refractivity contribution in [2.45, 2.75) is 26.3 Å². The molecule has 1 aliphatic rings. The van der Waals surface area contributed by atoms with Gasteiger partial charge >= 0.3 is 4.87 Å². The number of benzene rings is 1. The summed E-state index contributed by atoms with van der Waals surface area (Å²) < 4.78 is 1.58. The van der Waals surface area contributed by atoms with Crippen LogP contribution in [0.1, 0.15) is 17.7 Å². The number of rotatable bonds is 4. The number of thiazole rings is 1. The van der Waals surface area contributed by atoms with Crippen LogP contribution in [0.2, 0.25) is 0 Å². The van der Waals surface area contributed by atoms with E-state index in [0.29, 0.717) is 25.2 Å². The van der Waals surface area contributed by atoms with E-state index < -0.39 is 4.92 Å². The van der Waals surface area contributed by atoms with Crippen LogP contribution in [0.15, 0.2) is 28.4 Å². The molecule has 0 aliphatic carbocycles. The first-order chi connectivity index (χ1) is 11.0. The highest BCUT2D eigenvalue weighted by atomic mass is 32.1. The van der Waals surface area contributed by atoms with Crippen LogP contribution in [0.5, 0.6) is 0 Å². The second kappa shape index (κ2) is 5.96. The third kappa shape index (κ3) is 2.89. The lowest BCUT2D eigenvalue weighted by molar-refractivity contribution is -0.384. The molecule has 8 heteroatoms. The number of nitrogens with zero attached hydrogens (tertiary/aromatic N) is 3. The van der Waals surface area contributed by atoms with Gasteiger partial charge in [0.15, 0.2) is 0 Å². The summed E-state index contributed by atoms with van der Waals surface area (Å²) in [6, 6.07) is 4.61. The Morgan fingerprint density at radius 1 is 1.43 bits per heavy atom. The van der Waals surface area contributed by atoms with Gasteiger partial charge in [-0.25, -0.2) is 0 Å². The SMILES string of the molecule is Cc1csc(=O)n1CCC(=O)N1CCc2ccc([N+](=O)[O-])cc21. The van der Waals surface area contributed by atoms with Gasteiger partial charge in [-0.05, 0) is 18.9 Å². The number of amides is 1. The highest BCUT2D eigenvalue weighted by Crippen LogP contribution is 2.32. The van der Waals surface area contributed by atoms with Gasteiger partial charge in [0.1, 0.15) is 0 Å². The van der Waals surface area contributed by atoms with Crippen LogP contribution in [-0.4, -0.2) is 21.9 Å². The number of anilines is 1. The number of hydrogen-bond acceptors (Lipinski definition) is 5. The zero-order chi connectivity index (χ0) is 16.6. The average molecular weight is 333 g/mol. The predicted octanol–water partition coefficient (Wildman–Crippen LogP) is 2.11. The summed E-state index contributed by atoms with van der Waals surface area (Å²) in [5.74, 6) is -0.123. The number of aromatic nitrogens is 1. The lowest BCUT2D eigenvalue weighted by atomic mass is 10.1. The van der Waals surface area contributed by atoms with Crippen molar-refractivity contribution in [3.63, 3.8) is 0 Å². The van der Waals surface area contributed by atoms with E-state index in [9.17, 15) is 19.7 Å². The van der Waals surface area contributed by atoms with Gasteiger partial charge in [0.2, 0.25) is 5.91 Å². The maximum absolute atomic E-state index is 12.5. The van der Waals surface area contributed by atoms with Crippen LogP contribution in [0, 0.1) is 17.0 Å². The van der Waals surface area contributed by atoms with Gasteiger partial charge in [-0.2, -0.15) is 0 Å². The molecule has 0 bridgehead atoms. The number of fused-ring (bicyclic) bond motifs is 1. The maximum Gasteiger partial charge on any atom is 0.307 e. The zero-order valence-electron chi connectivity index (χ0n) is 12.5. The summed E-state index contributed by atoms with van der Waals surface area (Å²) >= 11 is 1.12. The molecule has 0 saturated heterocycles. The highest BCUT2D eigenvalue weighted by molar-refractivity contribution is 7.07. The molecule has 2 heterocycles. The molecule has 2 aromatic rings. The first-order valence-electron chi connectivity index (χ1n) is 7.20. The van der Waals surface area contributed by atoms with Crippen LogP contribution in [-0.2, 0) is 17.8 Å². The normalized spacial score (nSPS) is 13.2. The lowest BCUT2D eigenvalue weighted by Crippen LogP contribution is -2.30. The fourth-order valence-electron chi connectivity index (χ4n) is 2.76. The van der Waals surface area contributed by atoms with E-state index in [1.807, 2.05) is 6.92 Å². The van der Waals surface area contributed by atoms with Gasteiger partial charge in [0, 0.05) is 42.7 Å². The summed E-state index contributed by atoms with van der Waals surface area (Å²) in [5, 5.41) is 12.7. The topological polar surface area (TPSA) is 85.5 Å². The minimum absolute atomic E-state index is 0.0200. The van der Waals surface area contributed by atoms with Crippen molar-refractivity contribution in [3.8, 4) is 0 Å². The van der Waals surface area contributed by atoms with Crippen LogP contribution in [0.4, 0.5) is 11.4 Å². The lowest BCUT2D eigenvalue weighted by Gasteiger charge is -2.17. The smallest absolute Gasteiger partial charge is 0.307 e. The first-order valence-corrected chi connectivity index (χ1v) is 8.08. The van der Waals surface area contributed by atoms with Crippen LogP contribution >= 0.6 is 11.3 Å². The molecule has 0 spiro atoms. The van der Waals surface area contributed by atoms with Crippen molar-refractivity contribution in [1.29, 1.82) is 0 Å². The van der Waals surface area contributed by atoms with Crippen LogP contribution < -0.4 is 9.77 Å². The van der Waals surface area contributed by atoms with E-state index in [0.717, 1.165) is 22.6 Å². The Bertz CT molecular complexity index is 839. The molecule has 3 rings (SSSR count). The van der Waals surface area contributed by atoms with Gasteiger partial charge in [-0.1, -0.05) is 17.4 Å². The quantitative estimate of drug-likeness (QED) is 0.633. The Labute approximate surface area is 135 Å². The first kappa shape index (κ1) is 15.4. The third-order valence-electron chi connectivity index (χ3n) is 4.00. The van der Waals surface area contributed by atoms with Crippen LogP contribution in [0.25, 0.3) is 0 Å². The number of nitro groups is 1. The summed E-state index contributed by atoms with van der Waals surface area (Å²) in [6.45, 7) is 2.68. The molecular weight excluding hydrogens is 318 g/mol. The van der Waals surface area contributed by atoms with E-state index >= 15 is 0 Å². The molecule has 23 heavy (non-hydrogen) atoms. The zero-order valence-corrected chi connectivity index (χ0v) is 13.3. The van der Waals surface area contributed by atoms with E-state index in [1.165, 1.54) is 12.1 Å². The summed E-state index contributed by atoms with van der Waals surface area (Å²) in [7, 11) is 0. The van der Waals surface area contributed by atoms with Gasteiger partial charge in [-0.3, -0.25) is 19.7 Å². The molecule has 0 unspecified atom stereocenters. The molecule has 0 atom stereocenters. The molecular formula is C15H15N3O4S.